The highest BCUT2D eigenvalue weighted by Gasteiger charge is 2.33. The Balaban J connectivity index is 2.13. The molecule has 7 nitrogen and oxygen atoms in total. The first-order chi connectivity index (χ1) is 15.8. The van der Waals surface area contributed by atoms with Gasteiger partial charge in [-0.05, 0) is 44.0 Å². The number of rotatable bonds is 5. The number of halogens is 3. The van der Waals surface area contributed by atoms with Crippen molar-refractivity contribution in [2.75, 3.05) is 0 Å². The minimum absolute atomic E-state index is 0.0861. The molecule has 0 unspecified atom stereocenters. The molecule has 0 aliphatic carbocycles. The Hall–Kier alpha value is -3.95. The van der Waals surface area contributed by atoms with Gasteiger partial charge in [0.25, 0.3) is 11.5 Å². The van der Waals surface area contributed by atoms with Crippen molar-refractivity contribution in [3.8, 4) is 22.4 Å². The van der Waals surface area contributed by atoms with Crippen LogP contribution in [-0.4, -0.2) is 27.0 Å². The number of nitrogens with two attached hydrogens (primary N) is 1. The van der Waals surface area contributed by atoms with E-state index in [0.717, 1.165) is 16.8 Å². The van der Waals surface area contributed by atoms with Gasteiger partial charge in [-0.2, -0.15) is 13.2 Å². The maximum Gasteiger partial charge on any atom is 0.417 e. The zero-order valence-corrected chi connectivity index (χ0v) is 18.6. The van der Waals surface area contributed by atoms with E-state index < -0.39 is 41.3 Å². The van der Waals surface area contributed by atoms with E-state index >= 15 is 0 Å². The molecule has 3 aromatic rings. The van der Waals surface area contributed by atoms with E-state index in [1.54, 1.807) is 20.8 Å². The lowest BCUT2D eigenvalue weighted by Gasteiger charge is -2.20. The fourth-order valence-corrected chi connectivity index (χ4v) is 3.29. The number of alkyl halides is 3. The fourth-order valence-electron chi connectivity index (χ4n) is 3.29. The number of amides is 1. The van der Waals surface area contributed by atoms with Crippen LogP contribution < -0.4 is 11.3 Å². The fraction of sp³-hybridized carbons (Fsp3) is 0.250. The number of benzene rings is 2. The van der Waals surface area contributed by atoms with Gasteiger partial charge >= 0.3 is 12.1 Å². The average Bonchev–Trinajstić information content (AvgIpc) is 2.73. The van der Waals surface area contributed by atoms with Crippen LogP contribution >= 0.6 is 0 Å². The Kier molecular flexibility index (Phi) is 6.63. The highest BCUT2D eigenvalue weighted by atomic mass is 19.4. The molecule has 0 bridgehead atoms. The summed E-state index contributed by atoms with van der Waals surface area (Å²) >= 11 is 0. The third kappa shape index (κ3) is 5.69. The van der Waals surface area contributed by atoms with E-state index in [1.807, 2.05) is 0 Å². The first-order valence-electron chi connectivity index (χ1n) is 10.2. The van der Waals surface area contributed by atoms with Crippen LogP contribution in [0, 0.1) is 0 Å². The Bertz CT molecular complexity index is 1310. The molecule has 2 N–H and O–H groups in total. The van der Waals surface area contributed by atoms with Crippen LogP contribution in [-0.2, 0) is 22.3 Å². The minimum Gasteiger partial charge on any atom is -0.459 e. The lowest BCUT2D eigenvalue weighted by Crippen LogP contribution is -2.32. The van der Waals surface area contributed by atoms with Crippen molar-refractivity contribution in [2.24, 2.45) is 5.73 Å². The molecular formula is C24H22F3N3O4. The minimum atomic E-state index is -4.59. The van der Waals surface area contributed by atoms with Crippen molar-refractivity contribution in [3.05, 3.63) is 76.3 Å². The molecule has 2 aromatic carbocycles. The molecule has 1 heterocycles. The summed E-state index contributed by atoms with van der Waals surface area (Å²) in [6.07, 6.45) is -3.54. The molecule has 0 spiro atoms. The number of nitrogens with zero attached hydrogens (tertiary/aromatic N) is 2. The van der Waals surface area contributed by atoms with Crippen LogP contribution in [0.3, 0.4) is 0 Å². The van der Waals surface area contributed by atoms with Crippen LogP contribution in [0.2, 0.25) is 0 Å². The first-order valence-corrected chi connectivity index (χ1v) is 10.2. The van der Waals surface area contributed by atoms with Crippen molar-refractivity contribution < 1.29 is 27.5 Å². The predicted octanol–water partition coefficient (Wildman–Crippen LogP) is 4.04. The number of primary amides is 1. The third-order valence-electron chi connectivity index (χ3n) is 4.63. The van der Waals surface area contributed by atoms with Gasteiger partial charge in [-0.1, -0.05) is 36.4 Å². The summed E-state index contributed by atoms with van der Waals surface area (Å²) in [6.45, 7) is 4.46. The van der Waals surface area contributed by atoms with Gasteiger partial charge in [0, 0.05) is 11.8 Å². The molecule has 1 amide bonds. The molecule has 0 saturated heterocycles. The molecule has 1 aromatic heterocycles. The van der Waals surface area contributed by atoms with Gasteiger partial charge in [0.15, 0.2) is 0 Å². The van der Waals surface area contributed by atoms with Crippen molar-refractivity contribution >= 4 is 11.9 Å². The predicted molar refractivity (Wildman–Crippen MR) is 119 cm³/mol. The molecule has 0 saturated carbocycles. The van der Waals surface area contributed by atoms with Crippen molar-refractivity contribution in [3.63, 3.8) is 0 Å². The molecule has 178 valence electrons. The Morgan fingerprint density at radius 1 is 1.03 bits per heavy atom. The van der Waals surface area contributed by atoms with Crippen molar-refractivity contribution in [2.45, 2.75) is 39.1 Å². The van der Waals surface area contributed by atoms with Crippen LogP contribution in [0.25, 0.3) is 22.4 Å². The van der Waals surface area contributed by atoms with Crippen molar-refractivity contribution in [1.29, 1.82) is 0 Å². The lowest BCUT2D eigenvalue weighted by atomic mass is 9.97. The highest BCUT2D eigenvalue weighted by Crippen LogP contribution is 2.37. The van der Waals surface area contributed by atoms with E-state index in [4.69, 9.17) is 10.5 Å². The number of aromatic nitrogens is 2. The average molecular weight is 473 g/mol. The molecule has 0 radical (unpaired) electrons. The van der Waals surface area contributed by atoms with Crippen LogP contribution in [0.5, 0.6) is 0 Å². The third-order valence-corrected chi connectivity index (χ3v) is 4.63. The molecule has 0 fully saturated rings. The summed E-state index contributed by atoms with van der Waals surface area (Å²) < 4.78 is 46.6. The Labute approximate surface area is 193 Å². The topological polar surface area (TPSA) is 104 Å². The monoisotopic (exact) mass is 473 g/mol. The zero-order chi connectivity index (χ0) is 25.3. The van der Waals surface area contributed by atoms with Gasteiger partial charge in [-0.3, -0.25) is 14.4 Å². The summed E-state index contributed by atoms with van der Waals surface area (Å²) in [5.41, 5.74) is 2.68. The van der Waals surface area contributed by atoms with Crippen LogP contribution in [0.1, 0.15) is 36.8 Å². The standard InChI is InChI=1S/C24H22F3N3O4/c1-23(2,3)34-19(31)13-30-12-18(21(28)32)29-20(22(30)33)15-8-6-7-14(11-15)16-9-4-5-10-17(16)24(25,26)27/h4-12H,13H2,1-3H3,(H2,28,32). The largest absolute Gasteiger partial charge is 0.459 e. The Morgan fingerprint density at radius 3 is 2.29 bits per heavy atom. The van der Waals surface area contributed by atoms with E-state index in [9.17, 15) is 27.6 Å². The first kappa shape index (κ1) is 24.7. The van der Waals surface area contributed by atoms with Gasteiger partial charge in [-0.15, -0.1) is 0 Å². The van der Waals surface area contributed by atoms with Gasteiger partial charge in [0.1, 0.15) is 23.5 Å². The molecule has 34 heavy (non-hydrogen) atoms. The summed E-state index contributed by atoms with van der Waals surface area (Å²) in [7, 11) is 0. The molecule has 10 heteroatoms. The molecule has 3 rings (SSSR count). The number of carbonyl (C=O) groups excluding carboxylic acids is 2. The summed E-state index contributed by atoms with van der Waals surface area (Å²) in [5.74, 6) is -1.67. The van der Waals surface area contributed by atoms with Gasteiger partial charge in [0.2, 0.25) is 0 Å². The summed E-state index contributed by atoms with van der Waals surface area (Å²) in [6, 6.07) is 10.8. The van der Waals surface area contributed by atoms with Gasteiger partial charge in [0.05, 0.1) is 5.56 Å². The highest BCUT2D eigenvalue weighted by molar-refractivity contribution is 5.91. The number of hydrogen-bond donors (Lipinski definition) is 1. The maximum absolute atomic E-state index is 13.5. The lowest BCUT2D eigenvalue weighted by molar-refractivity contribution is -0.155. The quantitative estimate of drug-likeness (QED) is 0.564. The number of ether oxygens (including phenoxy) is 1. The summed E-state index contributed by atoms with van der Waals surface area (Å²) in [5, 5.41) is 0. The second-order valence-electron chi connectivity index (χ2n) is 8.48. The summed E-state index contributed by atoms with van der Waals surface area (Å²) in [4.78, 5) is 41.2. The van der Waals surface area contributed by atoms with E-state index in [-0.39, 0.29) is 28.1 Å². The SMILES string of the molecule is CC(C)(C)OC(=O)Cn1cc(C(N)=O)nc(-c2cccc(-c3ccccc3C(F)(F)F)c2)c1=O. The number of hydrogen-bond acceptors (Lipinski definition) is 5. The molecular weight excluding hydrogens is 451 g/mol. The van der Waals surface area contributed by atoms with E-state index in [2.05, 4.69) is 4.98 Å². The second-order valence-corrected chi connectivity index (χ2v) is 8.48. The van der Waals surface area contributed by atoms with Gasteiger partial charge < -0.3 is 15.0 Å². The van der Waals surface area contributed by atoms with Crippen LogP contribution in [0.15, 0.2) is 59.5 Å². The maximum atomic E-state index is 13.5. The van der Waals surface area contributed by atoms with E-state index in [0.29, 0.717) is 0 Å². The van der Waals surface area contributed by atoms with Gasteiger partial charge in [-0.25, -0.2) is 4.98 Å². The smallest absolute Gasteiger partial charge is 0.417 e. The second kappa shape index (κ2) is 9.12. The van der Waals surface area contributed by atoms with Crippen LogP contribution in [0.4, 0.5) is 13.2 Å². The zero-order valence-electron chi connectivity index (χ0n) is 18.6. The van der Waals surface area contributed by atoms with Crippen molar-refractivity contribution in [1.82, 2.24) is 9.55 Å². The van der Waals surface area contributed by atoms with E-state index in [1.165, 1.54) is 42.5 Å². The molecule has 0 aliphatic rings. The molecule has 0 aliphatic heterocycles. The Morgan fingerprint density at radius 2 is 1.68 bits per heavy atom. The number of carbonyl (C=O) groups is 2. The normalized spacial score (nSPS) is 11.8. The number of esters is 1. The molecule has 0 atom stereocenters.